The van der Waals surface area contributed by atoms with Crippen molar-refractivity contribution in [2.45, 2.75) is 58.5 Å². The normalized spacial score (nSPS) is 27.3. The van der Waals surface area contributed by atoms with Crippen molar-refractivity contribution in [3.05, 3.63) is 33.8 Å². The van der Waals surface area contributed by atoms with Crippen molar-refractivity contribution in [3.8, 4) is 0 Å². The second kappa shape index (κ2) is 6.66. The number of carbonyl (C=O) groups is 2. The maximum atomic E-state index is 13.2. The molecule has 3 rings (SSSR count). The Morgan fingerprint density at radius 2 is 1.85 bits per heavy atom. The van der Waals surface area contributed by atoms with Gasteiger partial charge in [-0.1, -0.05) is 43.1 Å². The van der Waals surface area contributed by atoms with Gasteiger partial charge in [0.2, 0.25) is 0 Å². The van der Waals surface area contributed by atoms with E-state index >= 15 is 0 Å². The van der Waals surface area contributed by atoms with Crippen LogP contribution in [0.3, 0.4) is 0 Å². The Labute approximate surface area is 171 Å². The van der Waals surface area contributed by atoms with E-state index in [2.05, 4.69) is 0 Å². The van der Waals surface area contributed by atoms with E-state index in [1.165, 1.54) is 0 Å². The lowest BCUT2D eigenvalue weighted by Crippen LogP contribution is -2.50. The van der Waals surface area contributed by atoms with Crippen LogP contribution in [0.5, 0.6) is 0 Å². The summed E-state index contributed by atoms with van der Waals surface area (Å²) < 4.78 is 5.54. The smallest absolute Gasteiger partial charge is 0.410 e. The van der Waals surface area contributed by atoms with Gasteiger partial charge >= 0.3 is 6.09 Å². The van der Waals surface area contributed by atoms with Gasteiger partial charge < -0.3 is 9.64 Å². The van der Waals surface area contributed by atoms with Crippen LogP contribution in [0.4, 0.5) is 4.79 Å². The maximum absolute atomic E-state index is 13.2. The maximum Gasteiger partial charge on any atom is 0.410 e. The lowest BCUT2D eigenvalue weighted by Gasteiger charge is -2.38. The molecule has 0 N–H and O–H groups in total. The number of hydrogen-bond acceptors (Lipinski definition) is 3. The molecule has 0 aromatic heterocycles. The Hall–Kier alpha value is -1.26. The summed E-state index contributed by atoms with van der Waals surface area (Å²) >= 11 is 12.3. The van der Waals surface area contributed by atoms with Crippen molar-refractivity contribution in [1.29, 1.82) is 0 Å². The Morgan fingerprint density at radius 1 is 1.19 bits per heavy atom. The fourth-order valence-corrected chi connectivity index (χ4v) is 4.79. The van der Waals surface area contributed by atoms with Gasteiger partial charge in [0.1, 0.15) is 11.4 Å². The molecule has 1 amide bonds. The van der Waals surface area contributed by atoms with Crippen LogP contribution in [-0.4, -0.2) is 35.5 Å². The molecule has 2 fully saturated rings. The Kier molecular flexibility index (Phi) is 5.05. The lowest BCUT2D eigenvalue weighted by molar-refractivity contribution is -0.129. The van der Waals surface area contributed by atoms with Crippen LogP contribution in [0.2, 0.25) is 10.0 Å². The summed E-state index contributed by atoms with van der Waals surface area (Å²) in [6.45, 7) is 10.3. The number of piperidine rings is 1. The van der Waals surface area contributed by atoms with Gasteiger partial charge in [-0.25, -0.2) is 4.79 Å². The van der Waals surface area contributed by atoms with Gasteiger partial charge in [0.05, 0.1) is 15.5 Å². The third-order valence-corrected chi connectivity index (χ3v) is 6.52. The van der Waals surface area contributed by atoms with Gasteiger partial charge in [-0.3, -0.25) is 4.79 Å². The molecule has 1 saturated heterocycles. The molecule has 1 heterocycles. The Morgan fingerprint density at radius 3 is 2.41 bits per heavy atom. The van der Waals surface area contributed by atoms with E-state index in [0.717, 1.165) is 12.0 Å². The molecule has 1 aliphatic heterocycles. The van der Waals surface area contributed by atoms with Crippen molar-refractivity contribution >= 4 is 35.1 Å². The predicted molar refractivity (Wildman–Crippen MR) is 107 cm³/mol. The van der Waals surface area contributed by atoms with Crippen LogP contribution in [0.25, 0.3) is 0 Å². The minimum absolute atomic E-state index is 0.103. The van der Waals surface area contributed by atoms with E-state index in [-0.39, 0.29) is 23.2 Å². The number of benzene rings is 1. The average Bonchev–Trinajstić information content (AvgIpc) is 3.25. The monoisotopic (exact) mass is 411 g/mol. The molecule has 2 atom stereocenters. The van der Waals surface area contributed by atoms with E-state index in [4.69, 9.17) is 27.9 Å². The molecular formula is C21H27Cl2NO3. The summed E-state index contributed by atoms with van der Waals surface area (Å²) in [5, 5.41) is 1.00. The highest BCUT2D eigenvalue weighted by molar-refractivity contribution is 6.42. The largest absolute Gasteiger partial charge is 0.444 e. The number of likely N-dealkylation sites (tertiary alicyclic amines) is 1. The van der Waals surface area contributed by atoms with Crippen molar-refractivity contribution in [3.63, 3.8) is 0 Å². The van der Waals surface area contributed by atoms with Crippen LogP contribution in [0.1, 0.15) is 53.0 Å². The highest BCUT2D eigenvalue weighted by Gasteiger charge is 2.74. The first-order chi connectivity index (χ1) is 12.4. The summed E-state index contributed by atoms with van der Waals surface area (Å²) in [4.78, 5) is 27.5. The first kappa shape index (κ1) is 20.5. The number of fused-ring (bicyclic) bond motifs is 1. The van der Waals surface area contributed by atoms with Crippen LogP contribution in [0, 0.1) is 11.3 Å². The van der Waals surface area contributed by atoms with Gasteiger partial charge in [0.15, 0.2) is 0 Å². The summed E-state index contributed by atoms with van der Waals surface area (Å²) in [7, 11) is 0. The Bertz CT molecular complexity index is 786. The molecule has 0 radical (unpaired) electrons. The lowest BCUT2D eigenvalue weighted by atomic mass is 9.76. The molecule has 2 aliphatic rings. The zero-order valence-electron chi connectivity index (χ0n) is 16.6. The minimum Gasteiger partial charge on any atom is -0.444 e. The molecule has 2 unspecified atom stereocenters. The van der Waals surface area contributed by atoms with Crippen molar-refractivity contribution in [1.82, 2.24) is 4.90 Å². The highest BCUT2D eigenvalue weighted by Crippen LogP contribution is 2.70. The third-order valence-electron chi connectivity index (χ3n) is 5.78. The third kappa shape index (κ3) is 3.47. The first-order valence-electron chi connectivity index (χ1n) is 9.40. The van der Waals surface area contributed by atoms with Crippen LogP contribution < -0.4 is 0 Å². The SMILES string of the molecule is CC(C)C(=O)C12CN(C(=O)OC(C)(C)C)CCC1(c1ccc(Cl)c(Cl)c1)C2. The van der Waals surface area contributed by atoms with Crippen molar-refractivity contribution in [2.24, 2.45) is 11.3 Å². The summed E-state index contributed by atoms with van der Waals surface area (Å²) in [6.07, 6.45) is 1.09. The topological polar surface area (TPSA) is 46.6 Å². The molecule has 1 aromatic carbocycles. The molecule has 0 spiro atoms. The average molecular weight is 412 g/mol. The zero-order chi connectivity index (χ0) is 20.2. The number of nitrogens with zero attached hydrogens (tertiary/aromatic N) is 1. The predicted octanol–water partition coefficient (Wildman–Crippen LogP) is 5.49. The van der Waals surface area contributed by atoms with E-state index < -0.39 is 11.0 Å². The van der Waals surface area contributed by atoms with Crippen LogP contribution in [0.15, 0.2) is 18.2 Å². The molecule has 1 aliphatic carbocycles. The number of carbonyl (C=O) groups excluding carboxylic acids is 2. The number of halogens is 2. The van der Waals surface area contributed by atoms with E-state index in [9.17, 15) is 9.59 Å². The number of ether oxygens (including phenoxy) is 1. The Balaban J connectivity index is 1.93. The molecule has 6 heteroatoms. The number of hydrogen-bond donors (Lipinski definition) is 0. The van der Waals surface area contributed by atoms with Gasteiger partial charge in [0.25, 0.3) is 0 Å². The van der Waals surface area contributed by atoms with Gasteiger partial charge in [-0.15, -0.1) is 0 Å². The molecule has 1 saturated carbocycles. The second-order valence-corrected chi connectivity index (χ2v) is 9.96. The standard InChI is InChI=1S/C21H27Cl2NO3/c1-13(2)17(25)21-11-20(21,14-6-7-15(22)16(23)10-14)8-9-24(12-21)18(26)27-19(3,4)5/h6-7,10,13H,8-9,11-12H2,1-5H3. The van der Waals surface area contributed by atoms with E-state index in [0.29, 0.717) is 29.6 Å². The fraction of sp³-hybridized carbons (Fsp3) is 0.619. The number of ketones is 1. The molecule has 148 valence electrons. The van der Waals surface area contributed by atoms with Crippen molar-refractivity contribution < 1.29 is 14.3 Å². The summed E-state index contributed by atoms with van der Waals surface area (Å²) in [5.74, 6) is 0.0927. The molecular weight excluding hydrogens is 385 g/mol. The van der Waals surface area contributed by atoms with Crippen molar-refractivity contribution in [2.75, 3.05) is 13.1 Å². The summed E-state index contributed by atoms with van der Waals surface area (Å²) in [6, 6.07) is 5.63. The summed E-state index contributed by atoms with van der Waals surface area (Å²) in [5.41, 5.74) is -0.377. The van der Waals surface area contributed by atoms with Gasteiger partial charge in [0, 0.05) is 24.4 Å². The number of Topliss-reactive ketones (excluding diaryl/α,β-unsaturated/α-hetero) is 1. The molecule has 1 aromatic rings. The number of amides is 1. The van der Waals surface area contributed by atoms with E-state index in [1.807, 2.05) is 46.8 Å². The fourth-order valence-electron chi connectivity index (χ4n) is 4.49. The molecule has 4 nitrogen and oxygen atoms in total. The minimum atomic E-state index is -0.576. The van der Waals surface area contributed by atoms with Gasteiger partial charge in [-0.2, -0.15) is 0 Å². The van der Waals surface area contributed by atoms with Crippen LogP contribution in [-0.2, 0) is 14.9 Å². The van der Waals surface area contributed by atoms with Crippen LogP contribution >= 0.6 is 23.2 Å². The van der Waals surface area contributed by atoms with Gasteiger partial charge in [-0.05, 0) is 51.3 Å². The quantitative estimate of drug-likeness (QED) is 0.660. The highest BCUT2D eigenvalue weighted by atomic mass is 35.5. The van der Waals surface area contributed by atoms with E-state index in [1.54, 1.807) is 11.0 Å². The first-order valence-corrected chi connectivity index (χ1v) is 10.2. The molecule has 27 heavy (non-hydrogen) atoms. The zero-order valence-corrected chi connectivity index (χ0v) is 18.1. The molecule has 0 bridgehead atoms. The number of rotatable bonds is 3. The second-order valence-electron chi connectivity index (χ2n) is 9.14.